The Bertz CT molecular complexity index is 1400. The molecule has 13 heteroatoms. The summed E-state index contributed by atoms with van der Waals surface area (Å²) in [5.74, 6) is 2.79. The molecule has 0 fully saturated rings. The Balaban J connectivity index is 0.000000353. The number of benzene rings is 2. The van der Waals surface area contributed by atoms with Crippen molar-refractivity contribution >= 4 is 50.9 Å². The minimum atomic E-state index is -0.870. The molecule has 2 heterocycles. The lowest BCUT2D eigenvalue weighted by molar-refractivity contribution is -0.0613. The zero-order valence-electron chi connectivity index (χ0n) is 25.5. The molecule has 0 aliphatic rings. The topological polar surface area (TPSA) is 92.7 Å². The highest BCUT2D eigenvalue weighted by Gasteiger charge is 2.16. The fourth-order valence-electron chi connectivity index (χ4n) is 3.27. The molecule has 0 saturated heterocycles. The second-order valence-corrected chi connectivity index (χ2v) is 11.3. The molecule has 1 N–H and O–H groups in total. The molecule has 4 aromatic rings. The Labute approximate surface area is 273 Å². The summed E-state index contributed by atoms with van der Waals surface area (Å²) < 4.78 is 43.0. The van der Waals surface area contributed by atoms with Crippen LogP contribution < -0.4 is 14.2 Å². The Morgan fingerprint density at radius 2 is 1.47 bits per heavy atom. The molecule has 2 aromatic carbocycles. The summed E-state index contributed by atoms with van der Waals surface area (Å²) in [4.78, 5) is 0. The van der Waals surface area contributed by atoms with Gasteiger partial charge in [-0.25, -0.2) is 0 Å². The van der Waals surface area contributed by atoms with Crippen molar-refractivity contribution in [3.8, 4) is 45.6 Å². The molecule has 0 saturated carbocycles. The van der Waals surface area contributed by atoms with E-state index in [1.54, 1.807) is 50.0 Å². The number of halogens is 2. The summed E-state index contributed by atoms with van der Waals surface area (Å²) in [5.41, 5.74) is 1.55. The Hall–Kier alpha value is -2.77. The summed E-state index contributed by atoms with van der Waals surface area (Å²) in [5, 5.41) is 10.2. The number of rotatable bonds is 10. The fraction of sp³-hybridized carbons (Fsp3) is 0.267. The van der Waals surface area contributed by atoms with Crippen LogP contribution in [0.5, 0.6) is 23.0 Å². The summed E-state index contributed by atoms with van der Waals surface area (Å²) in [6.45, 7) is 9.38. The van der Waals surface area contributed by atoms with Crippen LogP contribution in [-0.2, 0) is 21.3 Å². The van der Waals surface area contributed by atoms with Gasteiger partial charge in [-0.2, -0.15) is 0 Å². The maximum atomic E-state index is 9.56. The molecule has 43 heavy (non-hydrogen) atoms. The molecule has 0 bridgehead atoms. The number of furan rings is 2. The van der Waals surface area contributed by atoms with Gasteiger partial charge in [0.05, 0.1) is 48.5 Å². The van der Waals surface area contributed by atoms with E-state index in [2.05, 4.69) is 32.1 Å². The van der Waals surface area contributed by atoms with Crippen LogP contribution in [0.4, 0.5) is 0 Å². The first kappa shape index (κ1) is 36.4. The summed E-state index contributed by atoms with van der Waals surface area (Å²) in [7, 11) is 5.25. The predicted molar refractivity (Wildman–Crippen MR) is 182 cm³/mol. The van der Waals surface area contributed by atoms with Gasteiger partial charge in [0, 0.05) is 17.7 Å². The number of phenolic OH excluding ortho intramolecular Hbond substituents is 1. The zero-order valence-corrected chi connectivity index (χ0v) is 28.9. The van der Waals surface area contributed by atoms with E-state index in [1.807, 2.05) is 32.9 Å². The van der Waals surface area contributed by atoms with Crippen molar-refractivity contribution in [1.82, 2.24) is 0 Å². The SMILES string of the molecule is C=COCC.CCOC(C)Oc1cc(-c2ccco2)cc(OC)c1Cl.COc1cc(-c2ccco2)cc(O)c1Cl.[3H][P+](P)=S. The normalized spacial score (nSPS) is 11.1. The van der Waals surface area contributed by atoms with Gasteiger partial charge >= 0.3 is 1.28 Å². The third-order valence-electron chi connectivity index (χ3n) is 5.06. The van der Waals surface area contributed by atoms with Gasteiger partial charge in [-0.05, 0) is 69.3 Å². The average Bonchev–Trinajstić information content (AvgIpc) is 3.72. The van der Waals surface area contributed by atoms with Crippen LogP contribution in [0.2, 0.25) is 10.0 Å². The van der Waals surface area contributed by atoms with Crippen LogP contribution in [0, 0.1) is 0 Å². The Kier molecular flexibility index (Phi) is 18.5. The highest BCUT2D eigenvalue weighted by atomic mass is 35.5. The van der Waals surface area contributed by atoms with Gasteiger partial charge in [-0.1, -0.05) is 29.8 Å². The minimum absolute atomic E-state index is 0.0255. The first-order valence-corrected chi connectivity index (χ1v) is 17.0. The molecule has 234 valence electrons. The van der Waals surface area contributed by atoms with E-state index < -0.39 is 13.3 Å². The lowest BCUT2D eigenvalue weighted by Gasteiger charge is -2.17. The molecule has 0 aliphatic heterocycles. The summed E-state index contributed by atoms with van der Waals surface area (Å²) >= 11 is 16.4. The number of phenols is 1. The van der Waals surface area contributed by atoms with Gasteiger partial charge in [0.15, 0.2) is 25.1 Å². The molecule has 4 rings (SSSR count). The van der Waals surface area contributed by atoms with Crippen LogP contribution >= 0.6 is 39.1 Å². The first-order valence-electron chi connectivity index (χ1n) is 13.2. The van der Waals surface area contributed by atoms with Gasteiger partial charge < -0.3 is 37.6 Å². The van der Waals surface area contributed by atoms with Crippen molar-refractivity contribution < 1.29 is 37.6 Å². The van der Waals surface area contributed by atoms with Gasteiger partial charge in [0.25, 0.3) is 0 Å². The fourth-order valence-corrected chi connectivity index (χ4v) is 3.69. The van der Waals surface area contributed by atoms with Crippen molar-refractivity contribution in [2.24, 2.45) is 0 Å². The van der Waals surface area contributed by atoms with Crippen LogP contribution in [0.1, 0.15) is 20.8 Å². The second-order valence-electron chi connectivity index (χ2n) is 7.83. The van der Waals surface area contributed by atoms with Crippen molar-refractivity contribution in [2.45, 2.75) is 27.1 Å². The Morgan fingerprint density at radius 3 is 1.86 bits per heavy atom. The summed E-state index contributed by atoms with van der Waals surface area (Å²) in [6, 6.07) is 14.1. The largest absolute Gasteiger partial charge is 0.506 e. The van der Waals surface area contributed by atoms with Gasteiger partial charge in [-0.15, -0.1) is 0 Å². The van der Waals surface area contributed by atoms with E-state index in [9.17, 15) is 5.11 Å². The molecule has 2 aromatic heterocycles. The van der Waals surface area contributed by atoms with Crippen LogP contribution in [-0.4, -0.2) is 40.1 Å². The quantitative estimate of drug-likeness (QED) is 0.0991. The lowest BCUT2D eigenvalue weighted by Crippen LogP contribution is -2.16. The van der Waals surface area contributed by atoms with E-state index in [0.717, 1.165) is 17.7 Å². The minimum Gasteiger partial charge on any atom is -0.506 e. The van der Waals surface area contributed by atoms with Crippen molar-refractivity contribution in [1.29, 1.82) is 1.28 Å². The van der Waals surface area contributed by atoms with E-state index in [-0.39, 0.29) is 10.8 Å². The van der Waals surface area contributed by atoms with Crippen LogP contribution in [0.25, 0.3) is 22.6 Å². The molecular formula is C30H37Cl2O8P2S+. The molecule has 8 nitrogen and oxygen atoms in total. The third-order valence-corrected chi connectivity index (χ3v) is 5.81. The second kappa shape index (κ2) is 21.8. The monoisotopic (exact) mass is 691 g/mol. The molecule has 0 spiro atoms. The van der Waals surface area contributed by atoms with Crippen molar-refractivity contribution in [3.63, 3.8) is 0 Å². The van der Waals surface area contributed by atoms with E-state index in [4.69, 9.17) is 52.3 Å². The molecule has 0 radical (unpaired) electrons. The van der Waals surface area contributed by atoms with E-state index >= 15 is 0 Å². The van der Waals surface area contributed by atoms with E-state index in [1.165, 1.54) is 19.4 Å². The van der Waals surface area contributed by atoms with Gasteiger partial charge in [0.1, 0.15) is 44.6 Å². The number of hydrogen-bond acceptors (Lipinski definition) is 9. The maximum Gasteiger partial charge on any atom is 0.355 e. The molecular weight excluding hydrogens is 653 g/mol. The number of ether oxygens (including phenoxy) is 5. The molecule has 3 atom stereocenters. The number of hydrogen-bond donors (Lipinski definition) is 1. The van der Waals surface area contributed by atoms with Crippen LogP contribution in [0.3, 0.4) is 0 Å². The lowest BCUT2D eigenvalue weighted by atomic mass is 10.1. The first-order chi connectivity index (χ1) is 21.0. The van der Waals surface area contributed by atoms with Gasteiger partial charge in [0.2, 0.25) is 0 Å². The average molecular weight is 693 g/mol. The number of aromatic hydroxyl groups is 1. The maximum absolute atomic E-state index is 9.56. The molecule has 0 amide bonds. The Morgan fingerprint density at radius 1 is 0.977 bits per heavy atom. The third kappa shape index (κ3) is 13.2. The van der Waals surface area contributed by atoms with E-state index in [0.29, 0.717) is 40.4 Å². The summed E-state index contributed by atoms with van der Waals surface area (Å²) in [6.07, 6.45) is 4.21. The highest BCUT2D eigenvalue weighted by Crippen LogP contribution is 2.40. The van der Waals surface area contributed by atoms with Crippen molar-refractivity contribution in [2.75, 3.05) is 27.4 Å². The standard InChI is InChI=1S/C15H17ClO4.C11H9ClO3.C4H8O.H2P2S/c1-4-18-10(2)20-14-9-11(12-6-5-7-19-12)8-13(17-3)15(14)16;1-14-10-6-7(5-8(13)11(10)12)9-3-2-4-15-9;1-3-5-4-2;1-2-3/h5-10H,4H2,1-3H3;2-6,13H,1H3;3H,1,4H2,2H3;1H2/p+1/i/hT. The van der Waals surface area contributed by atoms with Crippen molar-refractivity contribution in [3.05, 3.63) is 83.9 Å². The van der Waals surface area contributed by atoms with Gasteiger partial charge in [-0.3, -0.25) is 0 Å². The highest BCUT2D eigenvalue weighted by molar-refractivity contribution is 8.24. The molecule has 3 unspecified atom stereocenters. The van der Waals surface area contributed by atoms with Crippen LogP contribution in [0.15, 0.2) is 82.7 Å². The predicted octanol–water partition coefficient (Wildman–Crippen LogP) is 9.77. The molecule has 0 aliphatic carbocycles. The number of methoxy groups -OCH3 is 2. The zero-order chi connectivity index (χ0) is 33.1. The smallest absolute Gasteiger partial charge is 0.355 e.